The van der Waals surface area contributed by atoms with Crippen LogP contribution in [0.1, 0.15) is 52.4 Å². The van der Waals surface area contributed by atoms with E-state index in [1.165, 1.54) is 6.42 Å². The van der Waals surface area contributed by atoms with Crippen LogP contribution >= 0.6 is 0 Å². The largest absolute Gasteiger partial charge is 0.393 e. The van der Waals surface area contributed by atoms with Gasteiger partial charge in [0.25, 0.3) is 0 Å². The van der Waals surface area contributed by atoms with E-state index in [-0.39, 0.29) is 17.4 Å². The summed E-state index contributed by atoms with van der Waals surface area (Å²) in [5.74, 6) is 1.17. The van der Waals surface area contributed by atoms with Crippen molar-refractivity contribution in [1.29, 1.82) is 0 Å². The predicted octanol–water partition coefficient (Wildman–Crippen LogP) is 1.68. The number of hydrogen-bond donors (Lipinski definition) is 3. The molecule has 0 spiro atoms. The Morgan fingerprint density at radius 2 is 1.95 bits per heavy atom. The third-order valence-corrected chi connectivity index (χ3v) is 5.27. The Morgan fingerprint density at radius 1 is 1.25 bits per heavy atom. The molecule has 1 aliphatic heterocycles. The number of carbonyl (C=O) groups is 1. The highest BCUT2D eigenvalue weighted by Crippen LogP contribution is 2.32. The van der Waals surface area contributed by atoms with Crippen molar-refractivity contribution < 1.29 is 9.90 Å². The SMILES string of the molecule is CC(C)(C(=O)NCC1CCC(O)CC1)C1CCCNC1. The Bertz CT molecular complexity index is 316. The minimum absolute atomic E-state index is 0.119. The van der Waals surface area contributed by atoms with Crippen molar-refractivity contribution in [1.82, 2.24) is 10.6 Å². The number of aliphatic hydroxyl groups is 1. The number of rotatable bonds is 4. The van der Waals surface area contributed by atoms with Crippen LogP contribution in [0, 0.1) is 17.3 Å². The fourth-order valence-corrected chi connectivity index (χ4v) is 3.47. The van der Waals surface area contributed by atoms with Crippen LogP contribution < -0.4 is 10.6 Å². The van der Waals surface area contributed by atoms with Gasteiger partial charge in [-0.15, -0.1) is 0 Å². The lowest BCUT2D eigenvalue weighted by atomic mass is 9.74. The molecule has 0 aromatic carbocycles. The summed E-state index contributed by atoms with van der Waals surface area (Å²) in [6.07, 6.45) is 6.03. The molecule has 2 fully saturated rings. The third kappa shape index (κ3) is 3.95. The first-order chi connectivity index (χ1) is 9.50. The summed E-state index contributed by atoms with van der Waals surface area (Å²) in [7, 11) is 0. The molecule has 1 saturated heterocycles. The zero-order chi connectivity index (χ0) is 14.6. The van der Waals surface area contributed by atoms with E-state index in [1.807, 2.05) is 0 Å². The van der Waals surface area contributed by atoms with Crippen molar-refractivity contribution in [2.24, 2.45) is 17.3 Å². The maximum atomic E-state index is 12.5. The average Bonchev–Trinajstić information content (AvgIpc) is 2.47. The number of carbonyl (C=O) groups excluding carboxylic acids is 1. The number of hydrogen-bond acceptors (Lipinski definition) is 3. The van der Waals surface area contributed by atoms with Crippen LogP contribution in [0.2, 0.25) is 0 Å². The van der Waals surface area contributed by atoms with Gasteiger partial charge in [0, 0.05) is 12.0 Å². The first-order valence-electron chi connectivity index (χ1n) is 8.17. The number of nitrogens with one attached hydrogen (secondary N) is 2. The molecule has 0 radical (unpaired) electrons. The van der Waals surface area contributed by atoms with Crippen LogP contribution in [0.4, 0.5) is 0 Å². The third-order valence-electron chi connectivity index (χ3n) is 5.27. The summed E-state index contributed by atoms with van der Waals surface area (Å²) in [6.45, 7) is 6.96. The fourth-order valence-electron chi connectivity index (χ4n) is 3.47. The van der Waals surface area contributed by atoms with Gasteiger partial charge in [-0.05, 0) is 63.5 Å². The highest BCUT2D eigenvalue weighted by molar-refractivity contribution is 5.82. The fraction of sp³-hybridized carbons (Fsp3) is 0.938. The summed E-state index contributed by atoms with van der Waals surface area (Å²) in [5.41, 5.74) is -0.290. The van der Waals surface area contributed by atoms with Gasteiger partial charge in [0.2, 0.25) is 5.91 Å². The number of aliphatic hydroxyl groups excluding tert-OH is 1. The molecule has 3 N–H and O–H groups in total. The molecule has 4 nitrogen and oxygen atoms in total. The van der Waals surface area contributed by atoms with Crippen LogP contribution in [-0.2, 0) is 4.79 Å². The Kier molecular flexibility index (Phi) is 5.44. The normalized spacial score (nSPS) is 31.9. The second kappa shape index (κ2) is 6.90. The number of amides is 1. The molecule has 20 heavy (non-hydrogen) atoms. The van der Waals surface area contributed by atoms with E-state index in [0.717, 1.165) is 51.7 Å². The lowest BCUT2D eigenvalue weighted by Crippen LogP contribution is -2.48. The highest BCUT2D eigenvalue weighted by Gasteiger charge is 2.37. The van der Waals surface area contributed by atoms with Crippen LogP contribution in [0.5, 0.6) is 0 Å². The summed E-state index contributed by atoms with van der Waals surface area (Å²) < 4.78 is 0. The second-order valence-electron chi connectivity index (χ2n) is 7.15. The van der Waals surface area contributed by atoms with Gasteiger partial charge in [-0.2, -0.15) is 0 Å². The Morgan fingerprint density at radius 3 is 2.55 bits per heavy atom. The first-order valence-corrected chi connectivity index (χ1v) is 8.17. The molecule has 116 valence electrons. The van der Waals surface area contributed by atoms with E-state index in [4.69, 9.17) is 0 Å². The van der Waals surface area contributed by atoms with Crippen LogP contribution in [-0.4, -0.2) is 36.8 Å². The zero-order valence-electron chi connectivity index (χ0n) is 13.0. The molecule has 2 aliphatic rings. The van der Waals surface area contributed by atoms with Crippen molar-refractivity contribution >= 4 is 5.91 Å². The van der Waals surface area contributed by atoms with Gasteiger partial charge in [-0.1, -0.05) is 13.8 Å². The van der Waals surface area contributed by atoms with Crippen LogP contribution in [0.15, 0.2) is 0 Å². The molecule has 0 aromatic heterocycles. The maximum absolute atomic E-state index is 12.5. The van der Waals surface area contributed by atoms with Crippen LogP contribution in [0.25, 0.3) is 0 Å². The van der Waals surface area contributed by atoms with E-state index in [1.54, 1.807) is 0 Å². The van der Waals surface area contributed by atoms with Gasteiger partial charge in [-0.3, -0.25) is 4.79 Å². The molecule has 0 aromatic rings. The zero-order valence-corrected chi connectivity index (χ0v) is 13.0. The topological polar surface area (TPSA) is 61.4 Å². The standard InChI is InChI=1S/C16H30N2O2/c1-16(2,13-4-3-9-17-11-13)15(20)18-10-12-5-7-14(19)8-6-12/h12-14,17,19H,3-11H2,1-2H3,(H,18,20). The lowest BCUT2D eigenvalue weighted by Gasteiger charge is -2.36. The van der Waals surface area contributed by atoms with Gasteiger partial charge in [-0.25, -0.2) is 0 Å². The van der Waals surface area contributed by atoms with Gasteiger partial charge in [0.15, 0.2) is 0 Å². The first kappa shape index (κ1) is 15.8. The molecule has 1 unspecified atom stereocenters. The molecule has 1 amide bonds. The quantitative estimate of drug-likeness (QED) is 0.735. The molecule has 0 bridgehead atoms. The molecule has 1 heterocycles. The molecular formula is C16H30N2O2. The minimum atomic E-state index is -0.290. The van der Waals surface area contributed by atoms with Gasteiger partial charge in [0.05, 0.1) is 6.10 Å². The smallest absolute Gasteiger partial charge is 0.225 e. The molecule has 1 atom stereocenters. The summed E-state index contributed by atoms with van der Waals surface area (Å²) in [6, 6.07) is 0. The van der Waals surface area contributed by atoms with Crippen molar-refractivity contribution in [3.05, 3.63) is 0 Å². The molecule has 1 aliphatic carbocycles. The summed E-state index contributed by atoms with van der Waals surface area (Å²) >= 11 is 0. The Labute approximate surface area is 122 Å². The lowest BCUT2D eigenvalue weighted by molar-refractivity contribution is -0.132. The molecular weight excluding hydrogens is 252 g/mol. The van der Waals surface area contributed by atoms with E-state index in [9.17, 15) is 9.90 Å². The number of piperidine rings is 1. The van der Waals surface area contributed by atoms with Crippen molar-refractivity contribution in [2.45, 2.75) is 58.5 Å². The van der Waals surface area contributed by atoms with Gasteiger partial charge < -0.3 is 15.7 Å². The Balaban J connectivity index is 1.78. The molecule has 4 heteroatoms. The second-order valence-corrected chi connectivity index (χ2v) is 7.15. The summed E-state index contributed by atoms with van der Waals surface area (Å²) in [4.78, 5) is 12.5. The van der Waals surface area contributed by atoms with Crippen molar-refractivity contribution in [3.8, 4) is 0 Å². The van der Waals surface area contributed by atoms with Crippen molar-refractivity contribution in [2.75, 3.05) is 19.6 Å². The predicted molar refractivity (Wildman–Crippen MR) is 80.3 cm³/mol. The van der Waals surface area contributed by atoms with E-state index in [0.29, 0.717) is 11.8 Å². The maximum Gasteiger partial charge on any atom is 0.225 e. The minimum Gasteiger partial charge on any atom is -0.393 e. The van der Waals surface area contributed by atoms with Gasteiger partial charge >= 0.3 is 0 Å². The van der Waals surface area contributed by atoms with E-state index >= 15 is 0 Å². The highest BCUT2D eigenvalue weighted by atomic mass is 16.3. The van der Waals surface area contributed by atoms with E-state index in [2.05, 4.69) is 24.5 Å². The molecule has 2 rings (SSSR count). The average molecular weight is 282 g/mol. The van der Waals surface area contributed by atoms with Crippen LogP contribution in [0.3, 0.4) is 0 Å². The monoisotopic (exact) mass is 282 g/mol. The van der Waals surface area contributed by atoms with Gasteiger partial charge in [0.1, 0.15) is 0 Å². The summed E-state index contributed by atoms with van der Waals surface area (Å²) in [5, 5.41) is 16.1. The molecule has 1 saturated carbocycles. The Hall–Kier alpha value is -0.610. The van der Waals surface area contributed by atoms with E-state index < -0.39 is 0 Å². The van der Waals surface area contributed by atoms with Crippen molar-refractivity contribution in [3.63, 3.8) is 0 Å².